The second kappa shape index (κ2) is 5.30. The van der Waals surface area contributed by atoms with Gasteiger partial charge in [0.25, 0.3) is 0 Å². The first-order valence-electron chi connectivity index (χ1n) is 5.46. The van der Waals surface area contributed by atoms with Crippen LogP contribution in [0.4, 0.5) is 0 Å². The van der Waals surface area contributed by atoms with Crippen molar-refractivity contribution in [3.8, 4) is 5.75 Å². The number of nitrogens with zero attached hydrogens (tertiary/aromatic N) is 1. The lowest BCUT2D eigenvalue weighted by Gasteiger charge is -2.20. The van der Waals surface area contributed by atoms with E-state index >= 15 is 0 Å². The molecule has 1 atom stereocenters. The Morgan fingerprint density at radius 3 is 2.89 bits per heavy atom. The predicted octanol–water partition coefficient (Wildman–Crippen LogP) is 0.921. The molecule has 0 aromatic heterocycles. The van der Waals surface area contributed by atoms with Crippen LogP contribution in [-0.4, -0.2) is 44.7 Å². The predicted molar refractivity (Wildman–Crippen MR) is 67.4 cm³/mol. The SMILES string of the molecule is O=C(O)[C@@H]1CSCN1C(=O)Cc1cccc(O)c1. The zero-order chi connectivity index (χ0) is 13.1. The van der Waals surface area contributed by atoms with Gasteiger partial charge in [-0.15, -0.1) is 11.8 Å². The van der Waals surface area contributed by atoms with Gasteiger partial charge in [-0.3, -0.25) is 4.79 Å². The molecule has 6 heteroatoms. The van der Waals surface area contributed by atoms with E-state index in [2.05, 4.69) is 0 Å². The van der Waals surface area contributed by atoms with Crippen LogP contribution in [0.15, 0.2) is 24.3 Å². The highest BCUT2D eigenvalue weighted by molar-refractivity contribution is 7.99. The third kappa shape index (κ3) is 2.76. The maximum absolute atomic E-state index is 12.0. The fraction of sp³-hybridized carbons (Fsp3) is 0.333. The number of rotatable bonds is 3. The van der Waals surface area contributed by atoms with Crippen molar-refractivity contribution in [2.75, 3.05) is 11.6 Å². The minimum atomic E-state index is -0.968. The number of carbonyl (C=O) groups is 2. The van der Waals surface area contributed by atoms with E-state index in [1.807, 2.05) is 0 Å². The van der Waals surface area contributed by atoms with E-state index in [1.54, 1.807) is 12.1 Å². The Morgan fingerprint density at radius 1 is 1.44 bits per heavy atom. The Kier molecular flexibility index (Phi) is 3.76. The van der Waals surface area contributed by atoms with Crippen LogP contribution in [0.3, 0.4) is 0 Å². The Labute approximate surface area is 108 Å². The van der Waals surface area contributed by atoms with Gasteiger partial charge in [-0.05, 0) is 17.7 Å². The highest BCUT2D eigenvalue weighted by Crippen LogP contribution is 2.22. The van der Waals surface area contributed by atoms with Crippen LogP contribution in [-0.2, 0) is 16.0 Å². The van der Waals surface area contributed by atoms with Crippen LogP contribution in [0, 0.1) is 0 Å². The molecule has 1 aliphatic rings. The van der Waals surface area contributed by atoms with Crippen molar-refractivity contribution in [1.82, 2.24) is 4.90 Å². The second-order valence-electron chi connectivity index (χ2n) is 4.06. The lowest BCUT2D eigenvalue weighted by atomic mass is 10.1. The van der Waals surface area contributed by atoms with E-state index in [9.17, 15) is 14.7 Å². The highest BCUT2D eigenvalue weighted by Gasteiger charge is 2.34. The van der Waals surface area contributed by atoms with Crippen LogP contribution in [0.2, 0.25) is 0 Å². The Balaban J connectivity index is 2.06. The van der Waals surface area contributed by atoms with Crippen LogP contribution in [0.5, 0.6) is 5.75 Å². The molecule has 96 valence electrons. The molecule has 2 N–H and O–H groups in total. The molecule has 0 unspecified atom stereocenters. The third-order valence-electron chi connectivity index (χ3n) is 2.75. The lowest BCUT2D eigenvalue weighted by molar-refractivity contribution is -0.147. The first-order chi connectivity index (χ1) is 8.58. The van der Waals surface area contributed by atoms with E-state index < -0.39 is 12.0 Å². The van der Waals surface area contributed by atoms with Gasteiger partial charge in [-0.1, -0.05) is 12.1 Å². The fourth-order valence-corrected chi connectivity index (χ4v) is 3.01. The third-order valence-corrected chi connectivity index (χ3v) is 3.77. The number of amides is 1. The summed E-state index contributed by atoms with van der Waals surface area (Å²) in [7, 11) is 0. The number of carboxylic acids is 1. The molecule has 1 fully saturated rings. The van der Waals surface area contributed by atoms with Gasteiger partial charge in [-0.25, -0.2) is 4.79 Å². The number of phenols is 1. The molecule has 0 radical (unpaired) electrons. The zero-order valence-corrected chi connectivity index (χ0v) is 10.4. The number of hydrogen-bond acceptors (Lipinski definition) is 4. The first-order valence-corrected chi connectivity index (χ1v) is 6.61. The van der Waals surface area contributed by atoms with E-state index in [1.165, 1.54) is 28.8 Å². The number of carbonyl (C=O) groups excluding carboxylic acids is 1. The van der Waals surface area contributed by atoms with E-state index in [0.717, 1.165) is 0 Å². The Bertz CT molecular complexity index is 477. The number of phenolic OH excluding ortho intramolecular Hbond substituents is 1. The molecule has 18 heavy (non-hydrogen) atoms. The first kappa shape index (κ1) is 12.8. The van der Waals surface area contributed by atoms with Crippen molar-refractivity contribution in [2.45, 2.75) is 12.5 Å². The van der Waals surface area contributed by atoms with Gasteiger partial charge in [-0.2, -0.15) is 0 Å². The molecule has 1 amide bonds. The van der Waals surface area contributed by atoms with Crippen molar-refractivity contribution >= 4 is 23.6 Å². The number of carboxylic acid groups (broad SMARTS) is 1. The van der Waals surface area contributed by atoms with Crippen molar-refractivity contribution in [3.63, 3.8) is 0 Å². The average Bonchev–Trinajstić information content (AvgIpc) is 2.77. The van der Waals surface area contributed by atoms with E-state index in [-0.39, 0.29) is 18.1 Å². The summed E-state index contributed by atoms with van der Waals surface area (Å²) in [6, 6.07) is 5.69. The standard InChI is InChI=1S/C12H13NO4S/c14-9-3-1-2-8(4-9)5-11(15)13-7-18-6-10(13)12(16)17/h1-4,10,14H,5-7H2,(H,16,17)/t10-/m0/s1. The second-order valence-corrected chi connectivity index (χ2v) is 5.06. The summed E-state index contributed by atoms with van der Waals surface area (Å²) in [5.41, 5.74) is 0.682. The van der Waals surface area contributed by atoms with E-state index in [0.29, 0.717) is 17.2 Å². The van der Waals surface area contributed by atoms with Gasteiger partial charge in [0.05, 0.1) is 12.3 Å². The molecule has 1 aromatic carbocycles. The molecule has 5 nitrogen and oxygen atoms in total. The quantitative estimate of drug-likeness (QED) is 0.851. The van der Waals surface area contributed by atoms with Gasteiger partial charge >= 0.3 is 5.97 Å². The maximum atomic E-state index is 12.0. The summed E-state index contributed by atoms with van der Waals surface area (Å²) in [5, 5.41) is 18.3. The van der Waals surface area contributed by atoms with Gasteiger partial charge in [0.15, 0.2) is 0 Å². The highest BCUT2D eigenvalue weighted by atomic mass is 32.2. The normalized spacial score (nSPS) is 18.9. The molecule has 0 aliphatic carbocycles. The summed E-state index contributed by atoms with van der Waals surface area (Å²) in [6.45, 7) is 0. The van der Waals surface area contributed by atoms with Crippen LogP contribution < -0.4 is 0 Å². The molecule has 0 spiro atoms. The van der Waals surface area contributed by atoms with Crippen LogP contribution in [0.1, 0.15) is 5.56 Å². The summed E-state index contributed by atoms with van der Waals surface area (Å²) < 4.78 is 0. The average molecular weight is 267 g/mol. The molecule has 2 rings (SSSR count). The smallest absolute Gasteiger partial charge is 0.327 e. The number of aliphatic carboxylic acids is 1. The van der Waals surface area contributed by atoms with Gasteiger partial charge in [0.1, 0.15) is 11.8 Å². The van der Waals surface area contributed by atoms with Crippen molar-refractivity contribution < 1.29 is 19.8 Å². The summed E-state index contributed by atoms with van der Waals surface area (Å²) in [5.74, 6) is -0.247. The molecule has 1 aromatic rings. The van der Waals surface area contributed by atoms with Gasteiger partial charge < -0.3 is 15.1 Å². The number of thioether (sulfide) groups is 1. The van der Waals surface area contributed by atoms with E-state index in [4.69, 9.17) is 5.11 Å². The topological polar surface area (TPSA) is 77.8 Å². The largest absolute Gasteiger partial charge is 0.508 e. The minimum Gasteiger partial charge on any atom is -0.508 e. The lowest BCUT2D eigenvalue weighted by Crippen LogP contribution is -2.42. The molecule has 1 heterocycles. The Morgan fingerprint density at radius 2 is 2.22 bits per heavy atom. The Hall–Kier alpha value is -1.69. The maximum Gasteiger partial charge on any atom is 0.327 e. The monoisotopic (exact) mass is 267 g/mol. The van der Waals surface area contributed by atoms with Crippen molar-refractivity contribution in [1.29, 1.82) is 0 Å². The molecule has 1 saturated heterocycles. The molecule has 0 bridgehead atoms. The summed E-state index contributed by atoms with van der Waals surface area (Å²) in [6.07, 6.45) is 0.110. The summed E-state index contributed by atoms with van der Waals surface area (Å²) >= 11 is 1.44. The summed E-state index contributed by atoms with van der Waals surface area (Å²) in [4.78, 5) is 24.4. The molecule has 1 aliphatic heterocycles. The van der Waals surface area contributed by atoms with Crippen LogP contribution >= 0.6 is 11.8 Å². The minimum absolute atomic E-state index is 0.103. The molecular weight excluding hydrogens is 254 g/mol. The fourth-order valence-electron chi connectivity index (χ4n) is 1.84. The number of aromatic hydroxyl groups is 1. The number of benzene rings is 1. The van der Waals surface area contributed by atoms with Gasteiger partial charge in [0, 0.05) is 5.75 Å². The zero-order valence-electron chi connectivity index (χ0n) is 9.57. The van der Waals surface area contributed by atoms with Gasteiger partial charge in [0.2, 0.25) is 5.91 Å². The molecular formula is C12H13NO4S. The van der Waals surface area contributed by atoms with Crippen molar-refractivity contribution in [3.05, 3.63) is 29.8 Å². The van der Waals surface area contributed by atoms with Crippen molar-refractivity contribution in [2.24, 2.45) is 0 Å². The molecule has 0 saturated carbocycles. The van der Waals surface area contributed by atoms with Crippen LogP contribution in [0.25, 0.3) is 0 Å². The number of hydrogen-bond donors (Lipinski definition) is 2.